The van der Waals surface area contributed by atoms with Gasteiger partial charge in [0.15, 0.2) is 0 Å². The molecule has 0 aromatic heterocycles. The molecular formula is C18H23N3O3. The number of benzene rings is 1. The molecule has 0 spiro atoms. The maximum Gasteiger partial charge on any atom is 0.410 e. The number of nitriles is 1. The van der Waals surface area contributed by atoms with Gasteiger partial charge >= 0.3 is 6.09 Å². The number of ether oxygens (including phenoxy) is 1. The Morgan fingerprint density at radius 3 is 2.33 bits per heavy atom. The first-order valence-electron chi connectivity index (χ1n) is 8.00. The molecule has 6 nitrogen and oxygen atoms in total. The molecule has 2 amide bonds. The largest absolute Gasteiger partial charge is 0.444 e. The molecule has 0 aliphatic carbocycles. The summed E-state index contributed by atoms with van der Waals surface area (Å²) in [5, 5.41) is 8.82. The third-order valence-corrected chi connectivity index (χ3v) is 3.80. The lowest BCUT2D eigenvalue weighted by atomic mass is 10.1. The van der Waals surface area contributed by atoms with Crippen LogP contribution in [0.2, 0.25) is 0 Å². The summed E-state index contributed by atoms with van der Waals surface area (Å²) < 4.78 is 5.38. The average Bonchev–Trinajstić information content (AvgIpc) is 2.52. The Labute approximate surface area is 142 Å². The average molecular weight is 329 g/mol. The topological polar surface area (TPSA) is 73.6 Å². The molecule has 1 heterocycles. The van der Waals surface area contributed by atoms with Crippen LogP contribution in [0.25, 0.3) is 0 Å². The molecule has 6 heteroatoms. The normalized spacial score (nSPS) is 18.0. The molecule has 0 radical (unpaired) electrons. The van der Waals surface area contributed by atoms with Gasteiger partial charge in [0.05, 0.1) is 11.6 Å². The van der Waals surface area contributed by atoms with Crippen molar-refractivity contribution in [3.63, 3.8) is 0 Å². The molecular weight excluding hydrogens is 306 g/mol. The van der Waals surface area contributed by atoms with Crippen LogP contribution < -0.4 is 0 Å². The van der Waals surface area contributed by atoms with Crippen LogP contribution in [0.5, 0.6) is 0 Å². The molecule has 1 aromatic rings. The first-order valence-corrected chi connectivity index (χ1v) is 8.00. The molecule has 128 valence electrons. The minimum absolute atomic E-state index is 0.0872. The van der Waals surface area contributed by atoms with Crippen molar-refractivity contribution in [2.75, 3.05) is 19.6 Å². The van der Waals surface area contributed by atoms with Crippen LogP contribution in [0.4, 0.5) is 4.79 Å². The zero-order chi connectivity index (χ0) is 17.9. The molecule has 0 unspecified atom stereocenters. The van der Waals surface area contributed by atoms with Gasteiger partial charge in [-0.3, -0.25) is 4.79 Å². The van der Waals surface area contributed by atoms with Gasteiger partial charge < -0.3 is 14.5 Å². The zero-order valence-corrected chi connectivity index (χ0v) is 14.6. The van der Waals surface area contributed by atoms with Crippen LogP contribution >= 0.6 is 0 Å². The van der Waals surface area contributed by atoms with E-state index >= 15 is 0 Å². The standard InChI is InChI=1S/C18H23N3O3/c1-13-12-20(17(23)24-18(2,3)4)9-10-21(13)16(22)15-7-5-14(11-19)6-8-15/h5-8,13H,9-10,12H2,1-4H3/t13-/m1/s1. The van der Waals surface area contributed by atoms with E-state index in [1.165, 1.54) is 0 Å². The van der Waals surface area contributed by atoms with Crippen LogP contribution in [0, 0.1) is 11.3 Å². The Hall–Kier alpha value is -2.55. The van der Waals surface area contributed by atoms with Crippen molar-refractivity contribution in [3.8, 4) is 6.07 Å². The van der Waals surface area contributed by atoms with Gasteiger partial charge in [-0.1, -0.05) is 0 Å². The van der Waals surface area contributed by atoms with E-state index in [9.17, 15) is 9.59 Å². The summed E-state index contributed by atoms with van der Waals surface area (Å²) in [6.07, 6.45) is -0.347. The van der Waals surface area contributed by atoms with Gasteiger partial charge in [-0.25, -0.2) is 4.79 Å². The maximum absolute atomic E-state index is 12.6. The van der Waals surface area contributed by atoms with Crippen LogP contribution in [0.3, 0.4) is 0 Å². The number of piperazine rings is 1. The van der Waals surface area contributed by atoms with Gasteiger partial charge in [-0.15, -0.1) is 0 Å². The smallest absolute Gasteiger partial charge is 0.410 e. The molecule has 0 bridgehead atoms. The lowest BCUT2D eigenvalue weighted by Gasteiger charge is -2.40. The predicted octanol–water partition coefficient (Wildman–Crippen LogP) is 2.64. The Morgan fingerprint density at radius 2 is 1.83 bits per heavy atom. The third kappa shape index (κ3) is 4.25. The summed E-state index contributed by atoms with van der Waals surface area (Å²) in [4.78, 5) is 28.2. The van der Waals surface area contributed by atoms with E-state index in [4.69, 9.17) is 10.00 Å². The van der Waals surface area contributed by atoms with Gasteiger partial charge in [0.1, 0.15) is 5.60 Å². The van der Waals surface area contributed by atoms with E-state index in [0.29, 0.717) is 30.8 Å². The van der Waals surface area contributed by atoms with Crippen molar-refractivity contribution in [2.24, 2.45) is 0 Å². The molecule has 0 saturated carbocycles. The minimum Gasteiger partial charge on any atom is -0.444 e. The van der Waals surface area contributed by atoms with Crippen LogP contribution in [-0.2, 0) is 4.74 Å². The van der Waals surface area contributed by atoms with Crippen molar-refractivity contribution >= 4 is 12.0 Å². The number of nitrogens with zero attached hydrogens (tertiary/aromatic N) is 3. The Kier molecular flexibility index (Phi) is 5.13. The van der Waals surface area contributed by atoms with Crippen LogP contribution in [-0.4, -0.2) is 53.1 Å². The molecule has 1 aliphatic heterocycles. The third-order valence-electron chi connectivity index (χ3n) is 3.80. The Balaban J connectivity index is 2.01. The molecule has 2 rings (SSSR count). The van der Waals surface area contributed by atoms with Crippen molar-refractivity contribution in [1.29, 1.82) is 5.26 Å². The minimum atomic E-state index is -0.532. The second-order valence-corrected chi connectivity index (χ2v) is 6.96. The van der Waals surface area contributed by atoms with Crippen molar-refractivity contribution < 1.29 is 14.3 Å². The van der Waals surface area contributed by atoms with Crippen molar-refractivity contribution in [2.45, 2.75) is 39.3 Å². The van der Waals surface area contributed by atoms with Gasteiger partial charge in [0.25, 0.3) is 5.91 Å². The van der Waals surface area contributed by atoms with E-state index in [-0.39, 0.29) is 18.0 Å². The number of amides is 2. The van der Waals surface area contributed by atoms with E-state index in [1.807, 2.05) is 33.8 Å². The van der Waals surface area contributed by atoms with E-state index in [0.717, 1.165) is 0 Å². The van der Waals surface area contributed by atoms with Crippen LogP contribution in [0.1, 0.15) is 43.6 Å². The first kappa shape index (κ1) is 17.8. The Bertz CT molecular complexity index is 656. The van der Waals surface area contributed by atoms with Gasteiger partial charge in [-0.2, -0.15) is 5.26 Å². The fourth-order valence-electron chi connectivity index (χ4n) is 2.60. The molecule has 1 saturated heterocycles. The number of hydrogen-bond donors (Lipinski definition) is 0. The molecule has 1 aromatic carbocycles. The molecule has 24 heavy (non-hydrogen) atoms. The van der Waals surface area contributed by atoms with Crippen molar-refractivity contribution in [3.05, 3.63) is 35.4 Å². The van der Waals surface area contributed by atoms with Gasteiger partial charge in [0, 0.05) is 31.2 Å². The highest BCUT2D eigenvalue weighted by molar-refractivity contribution is 5.94. The number of rotatable bonds is 1. The van der Waals surface area contributed by atoms with E-state index in [2.05, 4.69) is 0 Å². The second-order valence-electron chi connectivity index (χ2n) is 6.96. The Morgan fingerprint density at radius 1 is 1.21 bits per heavy atom. The fourth-order valence-corrected chi connectivity index (χ4v) is 2.60. The summed E-state index contributed by atoms with van der Waals surface area (Å²) in [6, 6.07) is 8.52. The summed E-state index contributed by atoms with van der Waals surface area (Å²) in [5.74, 6) is -0.0872. The van der Waals surface area contributed by atoms with Crippen LogP contribution in [0.15, 0.2) is 24.3 Å². The highest BCUT2D eigenvalue weighted by Gasteiger charge is 2.32. The van der Waals surface area contributed by atoms with Gasteiger partial charge in [-0.05, 0) is 52.0 Å². The van der Waals surface area contributed by atoms with E-state index in [1.54, 1.807) is 34.1 Å². The summed E-state index contributed by atoms with van der Waals surface area (Å²) in [6.45, 7) is 8.76. The molecule has 1 atom stereocenters. The summed E-state index contributed by atoms with van der Waals surface area (Å²) in [7, 11) is 0. The fraction of sp³-hybridized carbons (Fsp3) is 0.500. The number of carbonyl (C=O) groups is 2. The zero-order valence-electron chi connectivity index (χ0n) is 14.6. The predicted molar refractivity (Wildman–Crippen MR) is 89.5 cm³/mol. The maximum atomic E-state index is 12.6. The lowest BCUT2D eigenvalue weighted by molar-refractivity contribution is 0.00617. The monoisotopic (exact) mass is 329 g/mol. The quantitative estimate of drug-likeness (QED) is 0.794. The lowest BCUT2D eigenvalue weighted by Crippen LogP contribution is -2.56. The number of carbonyl (C=O) groups excluding carboxylic acids is 2. The van der Waals surface area contributed by atoms with E-state index < -0.39 is 5.60 Å². The number of hydrogen-bond acceptors (Lipinski definition) is 4. The van der Waals surface area contributed by atoms with Gasteiger partial charge in [0.2, 0.25) is 0 Å². The highest BCUT2D eigenvalue weighted by atomic mass is 16.6. The first-order chi connectivity index (χ1) is 11.2. The van der Waals surface area contributed by atoms with Crippen molar-refractivity contribution in [1.82, 2.24) is 9.80 Å². The molecule has 0 N–H and O–H groups in total. The summed E-state index contributed by atoms with van der Waals surface area (Å²) >= 11 is 0. The SMILES string of the molecule is C[C@@H]1CN(C(=O)OC(C)(C)C)CCN1C(=O)c1ccc(C#N)cc1. The molecule has 1 fully saturated rings. The second kappa shape index (κ2) is 6.91. The molecule has 1 aliphatic rings. The summed E-state index contributed by atoms with van der Waals surface area (Å²) in [5.41, 5.74) is 0.538. The highest BCUT2D eigenvalue weighted by Crippen LogP contribution is 2.17.